The van der Waals surface area contributed by atoms with Crippen molar-refractivity contribution >= 4 is 62.2 Å². The van der Waals surface area contributed by atoms with Crippen LogP contribution in [0.4, 0.5) is 5.69 Å². The van der Waals surface area contributed by atoms with Crippen molar-refractivity contribution in [2.75, 3.05) is 4.90 Å². The van der Waals surface area contributed by atoms with E-state index in [0.29, 0.717) is 38.6 Å². The molecule has 0 saturated carbocycles. The number of fused-ring (bicyclic) bond motifs is 5. The molecule has 1 aliphatic rings. The molecular weight excluding hydrogens is 438 g/mol. The summed E-state index contributed by atoms with van der Waals surface area (Å²) in [5.41, 5.74) is 3.62. The van der Waals surface area contributed by atoms with E-state index in [4.69, 9.17) is 20.4 Å². The Morgan fingerprint density at radius 2 is 1.18 bits per heavy atom. The van der Waals surface area contributed by atoms with Crippen LogP contribution in [0, 0.1) is 6.92 Å². The maximum atomic E-state index is 13.3. The van der Waals surface area contributed by atoms with Crippen LogP contribution in [0.25, 0.3) is 33.1 Å². The van der Waals surface area contributed by atoms with Gasteiger partial charge in [-0.15, -0.1) is 0 Å². The Morgan fingerprint density at radius 1 is 0.667 bits per heavy atom. The normalized spacial score (nSPS) is 13.2. The molecule has 2 heterocycles. The quantitative estimate of drug-likeness (QED) is 0.251. The predicted octanol–water partition coefficient (Wildman–Crippen LogP) is 7.22. The fourth-order valence-corrected chi connectivity index (χ4v) is 4.43. The summed E-state index contributed by atoms with van der Waals surface area (Å²) >= 11 is 6.25. The summed E-state index contributed by atoms with van der Waals surface area (Å²) in [5.74, 6) is -0.856. The lowest BCUT2D eigenvalue weighted by atomic mass is 10.1. The highest BCUT2D eigenvalue weighted by atomic mass is 35.5. The molecule has 0 bridgehead atoms. The average molecular weight is 454 g/mol. The molecule has 6 heteroatoms. The number of carbonyl (C=O) groups is 2. The van der Waals surface area contributed by atoms with Crippen molar-refractivity contribution in [1.82, 2.24) is 0 Å². The number of para-hydroxylation sites is 2. The van der Waals surface area contributed by atoms with Crippen LogP contribution < -0.4 is 4.90 Å². The standard InChI is InChI=1S/C27H16ClNO4/c1-15-20(28)9-6-10-21(15)29-26(30)18-13-24-25(14-19(18)27(29)31)33-23-12-5-3-8-17(23)16-7-2-4-11-22(16)32-24/h2-14H,1H3. The summed E-state index contributed by atoms with van der Waals surface area (Å²) in [4.78, 5) is 27.8. The van der Waals surface area contributed by atoms with Gasteiger partial charge in [-0.1, -0.05) is 54.1 Å². The topological polar surface area (TPSA) is 63.7 Å². The van der Waals surface area contributed by atoms with Gasteiger partial charge in [0.25, 0.3) is 11.8 Å². The summed E-state index contributed by atoms with van der Waals surface area (Å²) < 4.78 is 12.4. The molecule has 5 aromatic rings. The number of rotatable bonds is 1. The van der Waals surface area contributed by atoms with E-state index in [0.717, 1.165) is 15.7 Å². The number of anilines is 1. The van der Waals surface area contributed by atoms with Crippen LogP contribution >= 0.6 is 11.6 Å². The molecule has 1 aromatic heterocycles. The van der Waals surface area contributed by atoms with Crippen molar-refractivity contribution in [3.05, 3.63) is 101 Å². The predicted molar refractivity (Wildman–Crippen MR) is 128 cm³/mol. The summed E-state index contributed by atoms with van der Waals surface area (Å²) in [7, 11) is 0. The smallest absolute Gasteiger partial charge is 0.266 e. The molecule has 0 unspecified atom stereocenters. The van der Waals surface area contributed by atoms with Crippen LogP contribution in [0.5, 0.6) is 0 Å². The number of carbonyl (C=O) groups excluding carboxylic acids is 2. The van der Waals surface area contributed by atoms with Crippen molar-refractivity contribution in [1.29, 1.82) is 0 Å². The lowest BCUT2D eigenvalue weighted by Crippen LogP contribution is -2.30. The fraction of sp³-hybridized carbons (Fsp3) is 0.0370. The van der Waals surface area contributed by atoms with Gasteiger partial charge in [-0.25, -0.2) is 4.90 Å². The first-order valence-corrected chi connectivity index (χ1v) is 10.8. The summed E-state index contributed by atoms with van der Waals surface area (Å²) in [6, 6.07) is 23.6. The van der Waals surface area contributed by atoms with Gasteiger partial charge in [-0.05, 0) is 48.9 Å². The fourth-order valence-electron chi connectivity index (χ4n) is 4.26. The van der Waals surface area contributed by atoms with Crippen molar-refractivity contribution in [3.8, 4) is 0 Å². The number of hydrogen-bond acceptors (Lipinski definition) is 4. The van der Waals surface area contributed by atoms with E-state index in [1.165, 1.54) is 0 Å². The average Bonchev–Trinajstić information content (AvgIpc) is 3.05. The lowest BCUT2D eigenvalue weighted by molar-refractivity contribution is 0.0926. The Balaban J connectivity index is 1.66. The minimum atomic E-state index is -0.428. The van der Waals surface area contributed by atoms with Crippen LogP contribution in [0.3, 0.4) is 0 Å². The SMILES string of the molecule is Cc1c(Cl)cccc1N1C(=O)c2cc3oc4ccccc4c4ccccc4oc3cc2C1=O. The maximum Gasteiger partial charge on any atom is 0.266 e. The van der Waals surface area contributed by atoms with Gasteiger partial charge in [0.1, 0.15) is 11.2 Å². The molecular formula is C27H16ClNO4. The molecule has 6 rings (SSSR count). The van der Waals surface area contributed by atoms with E-state index in [-0.39, 0.29) is 11.1 Å². The molecule has 160 valence electrons. The Bertz CT molecular complexity index is 1590. The molecule has 5 nitrogen and oxygen atoms in total. The van der Waals surface area contributed by atoms with Crippen LogP contribution in [-0.2, 0) is 0 Å². The molecule has 0 atom stereocenters. The highest BCUT2D eigenvalue weighted by molar-refractivity contribution is 6.36. The van der Waals surface area contributed by atoms with Gasteiger partial charge in [0.15, 0.2) is 11.2 Å². The number of hydrogen-bond donors (Lipinski definition) is 0. The highest BCUT2D eigenvalue weighted by Gasteiger charge is 2.38. The Kier molecular flexibility index (Phi) is 4.28. The number of amides is 2. The third-order valence-corrected chi connectivity index (χ3v) is 6.34. The van der Waals surface area contributed by atoms with Gasteiger partial charge >= 0.3 is 0 Å². The van der Waals surface area contributed by atoms with E-state index in [2.05, 4.69) is 0 Å². The molecule has 0 spiro atoms. The van der Waals surface area contributed by atoms with E-state index >= 15 is 0 Å². The number of imide groups is 1. The third kappa shape index (κ3) is 2.93. The first-order valence-electron chi connectivity index (χ1n) is 10.4. The zero-order valence-electron chi connectivity index (χ0n) is 17.5. The largest absolute Gasteiger partial charge is 0.453 e. The van der Waals surface area contributed by atoms with Gasteiger partial charge in [0.05, 0.1) is 16.8 Å². The van der Waals surface area contributed by atoms with Crippen molar-refractivity contribution in [3.63, 3.8) is 0 Å². The molecule has 1 aliphatic heterocycles. The van der Waals surface area contributed by atoms with Crippen LogP contribution in [-0.4, -0.2) is 11.8 Å². The molecule has 0 radical (unpaired) electrons. The minimum Gasteiger partial charge on any atom is -0.453 e. The van der Waals surface area contributed by atoms with E-state index in [1.807, 2.05) is 48.5 Å². The first kappa shape index (κ1) is 19.6. The van der Waals surface area contributed by atoms with Gasteiger partial charge < -0.3 is 8.83 Å². The minimum absolute atomic E-state index is 0.257. The van der Waals surface area contributed by atoms with Gasteiger partial charge in [-0.3, -0.25) is 9.59 Å². The molecule has 0 aliphatic carbocycles. The van der Waals surface area contributed by atoms with E-state index in [9.17, 15) is 9.59 Å². The molecule has 4 aromatic carbocycles. The van der Waals surface area contributed by atoms with Gasteiger partial charge in [0.2, 0.25) is 0 Å². The van der Waals surface area contributed by atoms with Gasteiger partial charge in [0, 0.05) is 15.8 Å². The molecule has 33 heavy (non-hydrogen) atoms. The molecule has 2 amide bonds. The second-order valence-corrected chi connectivity index (χ2v) is 8.28. The maximum absolute atomic E-state index is 13.3. The summed E-state index contributed by atoms with van der Waals surface area (Å²) in [6.07, 6.45) is 0. The van der Waals surface area contributed by atoms with E-state index < -0.39 is 11.8 Å². The Morgan fingerprint density at radius 3 is 1.73 bits per heavy atom. The first-order chi connectivity index (χ1) is 16.0. The molecule has 0 saturated heterocycles. The zero-order valence-corrected chi connectivity index (χ0v) is 18.2. The van der Waals surface area contributed by atoms with E-state index in [1.54, 1.807) is 37.3 Å². The number of halogens is 1. The monoisotopic (exact) mass is 453 g/mol. The van der Waals surface area contributed by atoms with Crippen molar-refractivity contribution in [2.24, 2.45) is 0 Å². The summed E-state index contributed by atoms with van der Waals surface area (Å²) in [5, 5.41) is 2.23. The molecule has 0 fully saturated rings. The Hall–Kier alpha value is -4.09. The zero-order chi connectivity index (χ0) is 22.7. The van der Waals surface area contributed by atoms with Crippen molar-refractivity contribution in [2.45, 2.75) is 6.92 Å². The number of nitrogens with zero attached hydrogens (tertiary/aromatic N) is 1. The number of benzene rings is 4. The lowest BCUT2D eigenvalue weighted by Gasteiger charge is -2.17. The van der Waals surface area contributed by atoms with Crippen molar-refractivity contribution < 1.29 is 18.4 Å². The van der Waals surface area contributed by atoms with Crippen LogP contribution in [0.1, 0.15) is 26.3 Å². The van der Waals surface area contributed by atoms with Crippen LogP contribution in [0.15, 0.2) is 87.7 Å². The van der Waals surface area contributed by atoms with Crippen LogP contribution in [0.2, 0.25) is 5.02 Å². The highest BCUT2D eigenvalue weighted by Crippen LogP contribution is 2.36. The second-order valence-electron chi connectivity index (χ2n) is 7.87. The summed E-state index contributed by atoms with van der Waals surface area (Å²) in [6.45, 7) is 1.78. The molecule has 0 N–H and O–H groups in total. The van der Waals surface area contributed by atoms with Gasteiger partial charge in [-0.2, -0.15) is 0 Å². The Labute approximate surface area is 193 Å². The second kappa shape index (κ2) is 7.22. The third-order valence-electron chi connectivity index (χ3n) is 5.94.